The zero-order valence-corrected chi connectivity index (χ0v) is 15.2. The lowest BCUT2D eigenvalue weighted by Gasteiger charge is -2.21. The maximum absolute atomic E-state index is 14.1. The van der Waals surface area contributed by atoms with Crippen LogP contribution >= 0.6 is 15.9 Å². The number of nitro groups is 1. The highest BCUT2D eigenvalue weighted by Gasteiger charge is 2.34. The summed E-state index contributed by atoms with van der Waals surface area (Å²) in [5, 5.41) is 10.8. The number of alkyl halides is 3. The van der Waals surface area contributed by atoms with Crippen LogP contribution in [-0.4, -0.2) is 18.0 Å². The number of rotatable bonds is 4. The molecule has 0 radical (unpaired) electrons. The minimum absolute atomic E-state index is 0.128. The second-order valence-electron chi connectivity index (χ2n) is 5.41. The summed E-state index contributed by atoms with van der Waals surface area (Å²) in [5.74, 6) is -0.636. The van der Waals surface area contributed by atoms with Gasteiger partial charge in [0, 0.05) is 17.7 Å². The summed E-state index contributed by atoms with van der Waals surface area (Å²) >= 11 is 2.36. The molecular weight excluding hydrogens is 400 g/mol. The fraction of sp³-hybridized carbons (Fsp3) is 0.235. The largest absolute Gasteiger partial charge is 0.465 e. The lowest BCUT2D eigenvalue weighted by molar-refractivity contribution is -0.384. The fourth-order valence-electron chi connectivity index (χ4n) is 2.75. The van der Waals surface area contributed by atoms with Gasteiger partial charge in [-0.3, -0.25) is 10.1 Å². The van der Waals surface area contributed by atoms with Crippen molar-refractivity contribution < 1.29 is 23.2 Å². The summed E-state index contributed by atoms with van der Waals surface area (Å²) in [5.41, 5.74) is 0.832. The molecule has 8 heteroatoms. The smallest absolute Gasteiger partial charge is 0.338 e. The molecule has 0 spiro atoms. The number of halogens is 3. The molecule has 2 rings (SSSR count). The van der Waals surface area contributed by atoms with Crippen molar-refractivity contribution in [2.75, 3.05) is 7.11 Å². The van der Waals surface area contributed by atoms with Crippen LogP contribution in [0.2, 0.25) is 0 Å². The second kappa shape index (κ2) is 6.87. The number of carbonyl (C=O) groups is 1. The highest BCUT2D eigenvalue weighted by atomic mass is 79.9. The van der Waals surface area contributed by atoms with Gasteiger partial charge in [0.25, 0.3) is 5.69 Å². The molecule has 0 atom stereocenters. The summed E-state index contributed by atoms with van der Waals surface area (Å²) in [6.45, 7) is 3.08. The zero-order valence-electron chi connectivity index (χ0n) is 13.6. The van der Waals surface area contributed by atoms with Crippen molar-refractivity contribution in [2.45, 2.75) is 18.7 Å². The monoisotopic (exact) mass is 413 g/mol. The quantitative estimate of drug-likeness (QED) is 0.302. The van der Waals surface area contributed by atoms with Crippen LogP contribution in [0, 0.1) is 24.0 Å². The van der Waals surface area contributed by atoms with Crippen LogP contribution in [0.5, 0.6) is 0 Å². The number of nitro benzene ring substituents is 1. The van der Waals surface area contributed by atoms with Crippen molar-refractivity contribution in [3.63, 3.8) is 0 Å². The van der Waals surface area contributed by atoms with Crippen LogP contribution in [0.3, 0.4) is 0 Å². The summed E-state index contributed by atoms with van der Waals surface area (Å²) in [6.07, 6.45) is 0. The van der Waals surface area contributed by atoms with Gasteiger partial charge in [-0.2, -0.15) is 8.78 Å². The van der Waals surface area contributed by atoms with E-state index < -0.39 is 15.7 Å². The van der Waals surface area contributed by atoms with Crippen LogP contribution in [0.1, 0.15) is 27.0 Å². The van der Waals surface area contributed by atoms with Gasteiger partial charge in [0.05, 0.1) is 17.6 Å². The number of esters is 1. The Morgan fingerprint density at radius 2 is 1.80 bits per heavy atom. The Bertz CT molecular complexity index is 845. The van der Waals surface area contributed by atoms with E-state index in [2.05, 4.69) is 15.9 Å². The molecule has 0 heterocycles. The van der Waals surface area contributed by atoms with Gasteiger partial charge in [0.15, 0.2) is 0 Å². The molecular formula is C17H14BrF2NO4. The number of benzene rings is 2. The number of non-ortho nitro benzene ring substituents is 1. The van der Waals surface area contributed by atoms with E-state index in [1.807, 2.05) is 0 Å². The molecule has 0 aromatic heterocycles. The number of methoxy groups -OCH3 is 1. The zero-order chi connectivity index (χ0) is 18.9. The van der Waals surface area contributed by atoms with Gasteiger partial charge < -0.3 is 4.74 Å². The Hall–Kier alpha value is -2.35. The average molecular weight is 414 g/mol. The van der Waals surface area contributed by atoms with Crippen molar-refractivity contribution in [3.05, 3.63) is 62.7 Å². The van der Waals surface area contributed by atoms with E-state index in [4.69, 9.17) is 4.74 Å². The highest BCUT2D eigenvalue weighted by Crippen LogP contribution is 2.44. The molecule has 0 saturated heterocycles. The first-order chi connectivity index (χ1) is 11.6. The average Bonchev–Trinajstić information content (AvgIpc) is 2.53. The van der Waals surface area contributed by atoms with Crippen LogP contribution in [0.15, 0.2) is 30.3 Å². The van der Waals surface area contributed by atoms with Crippen molar-refractivity contribution >= 4 is 27.6 Å². The van der Waals surface area contributed by atoms with E-state index in [9.17, 15) is 23.7 Å². The molecule has 0 aliphatic heterocycles. The first-order valence-electron chi connectivity index (χ1n) is 7.12. The van der Waals surface area contributed by atoms with Gasteiger partial charge in [-0.05, 0) is 70.2 Å². The summed E-state index contributed by atoms with van der Waals surface area (Å²) in [7, 11) is 1.21. The van der Waals surface area contributed by atoms with Crippen molar-refractivity contribution in [1.29, 1.82) is 0 Å². The van der Waals surface area contributed by atoms with Gasteiger partial charge in [0.1, 0.15) is 0 Å². The summed E-state index contributed by atoms with van der Waals surface area (Å²) in [4.78, 5) is 18.9. The maximum atomic E-state index is 14.1. The Labute approximate surface area is 150 Å². The molecule has 2 aromatic rings. The van der Waals surface area contributed by atoms with Crippen LogP contribution in [0.25, 0.3) is 11.1 Å². The number of carbonyl (C=O) groups excluding carboxylic acids is 1. The van der Waals surface area contributed by atoms with Gasteiger partial charge in [-0.25, -0.2) is 4.79 Å². The molecule has 0 unspecified atom stereocenters. The number of hydrogen-bond donors (Lipinski definition) is 0. The van der Waals surface area contributed by atoms with Gasteiger partial charge in [-0.15, -0.1) is 0 Å². The number of hydrogen-bond acceptors (Lipinski definition) is 4. The lowest BCUT2D eigenvalue weighted by Crippen LogP contribution is -2.13. The van der Waals surface area contributed by atoms with E-state index in [-0.39, 0.29) is 22.4 Å². The SMILES string of the molecule is COC(=O)c1c(C)cc(C(F)(F)Br)c(-c2ccc([N+](=O)[O-])cc2)c1C. The Morgan fingerprint density at radius 1 is 1.24 bits per heavy atom. The third kappa shape index (κ3) is 3.68. The van der Waals surface area contributed by atoms with Crippen LogP contribution < -0.4 is 0 Å². The molecule has 25 heavy (non-hydrogen) atoms. The molecule has 0 aliphatic carbocycles. The van der Waals surface area contributed by atoms with Gasteiger partial charge in [-0.1, -0.05) is 0 Å². The summed E-state index contributed by atoms with van der Waals surface area (Å²) < 4.78 is 32.9. The Kier molecular flexibility index (Phi) is 5.22. The molecule has 0 bridgehead atoms. The van der Waals surface area contributed by atoms with E-state index in [1.54, 1.807) is 6.92 Å². The maximum Gasteiger partial charge on any atom is 0.338 e. The number of nitrogens with zero attached hydrogens (tertiary/aromatic N) is 1. The van der Waals surface area contributed by atoms with Gasteiger partial charge in [0.2, 0.25) is 0 Å². The minimum Gasteiger partial charge on any atom is -0.465 e. The third-order valence-electron chi connectivity index (χ3n) is 3.84. The molecule has 0 N–H and O–H groups in total. The molecule has 2 aromatic carbocycles. The van der Waals surface area contributed by atoms with Crippen molar-refractivity contribution in [3.8, 4) is 11.1 Å². The summed E-state index contributed by atoms with van der Waals surface area (Å²) in [6, 6.07) is 6.41. The molecule has 0 fully saturated rings. The third-order valence-corrected chi connectivity index (χ3v) is 4.26. The number of aryl methyl sites for hydroxylation is 1. The van der Waals surface area contributed by atoms with E-state index >= 15 is 0 Å². The number of ether oxygens (including phenoxy) is 1. The van der Waals surface area contributed by atoms with Crippen LogP contribution in [-0.2, 0) is 9.57 Å². The first kappa shape index (κ1) is 19.0. The lowest BCUT2D eigenvalue weighted by atomic mass is 9.88. The normalized spacial score (nSPS) is 11.3. The highest BCUT2D eigenvalue weighted by molar-refractivity contribution is 9.09. The standard InChI is InChI=1S/C17H14BrF2NO4/c1-9-8-13(17(18,19)20)15(10(2)14(9)16(22)25-3)11-4-6-12(7-5-11)21(23)24/h4-8H,1-3H3. The fourth-order valence-corrected chi connectivity index (χ4v) is 3.06. The molecule has 5 nitrogen and oxygen atoms in total. The Balaban J connectivity index is 2.81. The predicted octanol–water partition coefficient (Wildman–Crippen LogP) is 5.11. The van der Waals surface area contributed by atoms with Crippen molar-refractivity contribution in [2.24, 2.45) is 0 Å². The molecule has 0 amide bonds. The van der Waals surface area contributed by atoms with Crippen LogP contribution in [0.4, 0.5) is 14.5 Å². The van der Waals surface area contributed by atoms with Gasteiger partial charge >= 0.3 is 10.8 Å². The Morgan fingerprint density at radius 3 is 2.24 bits per heavy atom. The predicted molar refractivity (Wildman–Crippen MR) is 92.2 cm³/mol. The molecule has 0 aliphatic rings. The van der Waals surface area contributed by atoms with E-state index in [1.165, 1.54) is 44.4 Å². The minimum atomic E-state index is -3.34. The second-order valence-corrected chi connectivity index (χ2v) is 6.41. The van der Waals surface area contributed by atoms with E-state index in [0.717, 1.165) is 0 Å². The van der Waals surface area contributed by atoms with Crippen molar-refractivity contribution in [1.82, 2.24) is 0 Å². The topological polar surface area (TPSA) is 69.4 Å². The molecule has 132 valence electrons. The molecule has 0 saturated carbocycles. The first-order valence-corrected chi connectivity index (χ1v) is 7.91. The van der Waals surface area contributed by atoms with E-state index in [0.29, 0.717) is 16.7 Å².